The molecule has 2 atom stereocenters. The van der Waals surface area contributed by atoms with Crippen molar-refractivity contribution in [3.63, 3.8) is 0 Å². The van der Waals surface area contributed by atoms with Gasteiger partial charge in [-0.15, -0.1) is 0 Å². The number of nitrogens with two attached hydrogens (primary N) is 4. The zero-order chi connectivity index (χ0) is 13.5. The first kappa shape index (κ1) is 17.3. The lowest BCUT2D eigenvalue weighted by atomic mass is 10.1. The molecule has 8 N–H and O–H groups in total. The van der Waals surface area contributed by atoms with E-state index in [9.17, 15) is 9.59 Å². The van der Waals surface area contributed by atoms with Crippen LogP contribution in [0, 0.1) is 11.8 Å². The fourth-order valence-electron chi connectivity index (χ4n) is 0.657. The van der Waals surface area contributed by atoms with Crippen LogP contribution in [0.3, 0.4) is 0 Å². The van der Waals surface area contributed by atoms with Crippen molar-refractivity contribution in [3.8, 4) is 0 Å². The first-order valence-corrected chi connectivity index (χ1v) is 5.21. The summed E-state index contributed by atoms with van der Waals surface area (Å²) in [7, 11) is 0. The molecule has 0 fully saturated rings. The van der Waals surface area contributed by atoms with E-state index in [0.29, 0.717) is 0 Å². The molecule has 0 aromatic heterocycles. The smallest absolute Gasteiger partial charge is 0.234 e. The molecule has 0 aliphatic rings. The second kappa shape index (κ2) is 8.06. The van der Waals surface area contributed by atoms with Gasteiger partial charge in [0.1, 0.15) is 0 Å². The van der Waals surface area contributed by atoms with Crippen LogP contribution in [0.25, 0.3) is 0 Å². The van der Waals surface area contributed by atoms with Crippen molar-refractivity contribution < 1.29 is 9.59 Å². The molecule has 6 nitrogen and oxygen atoms in total. The number of primary amides is 2. The van der Waals surface area contributed by atoms with Crippen LogP contribution in [0.15, 0.2) is 0 Å². The topological polar surface area (TPSA) is 138 Å². The summed E-state index contributed by atoms with van der Waals surface area (Å²) in [5.41, 5.74) is 20.3. The van der Waals surface area contributed by atoms with Gasteiger partial charge >= 0.3 is 0 Å². The Bertz CT molecular complexity index is 205. The highest BCUT2D eigenvalue weighted by Gasteiger charge is 2.12. The largest absolute Gasteiger partial charge is 0.368 e. The molecule has 0 aromatic rings. The lowest BCUT2D eigenvalue weighted by molar-refractivity contribution is -0.120. The van der Waals surface area contributed by atoms with E-state index in [-0.39, 0.29) is 11.8 Å². The Balaban J connectivity index is 0. The van der Waals surface area contributed by atoms with Crippen molar-refractivity contribution in [2.45, 2.75) is 39.8 Å². The summed E-state index contributed by atoms with van der Waals surface area (Å²) in [6, 6.07) is -0.981. The molecule has 0 spiro atoms. The van der Waals surface area contributed by atoms with Crippen LogP contribution in [0.5, 0.6) is 0 Å². The normalized spacial score (nSPS) is 14.0. The third-order valence-electron chi connectivity index (χ3n) is 2.09. The molecule has 6 heteroatoms. The minimum atomic E-state index is -0.491. The Hall–Kier alpha value is -1.14. The summed E-state index contributed by atoms with van der Waals surface area (Å²) in [6.45, 7) is 7.43. The summed E-state index contributed by atoms with van der Waals surface area (Å²) in [5, 5.41) is 0. The van der Waals surface area contributed by atoms with Crippen LogP contribution in [-0.4, -0.2) is 23.9 Å². The van der Waals surface area contributed by atoms with Crippen molar-refractivity contribution in [3.05, 3.63) is 0 Å². The minimum absolute atomic E-state index is 0.146. The van der Waals surface area contributed by atoms with E-state index in [1.165, 1.54) is 0 Å². The van der Waals surface area contributed by atoms with E-state index in [0.717, 1.165) is 0 Å². The van der Waals surface area contributed by atoms with E-state index in [4.69, 9.17) is 22.9 Å². The number of rotatable bonds is 4. The van der Waals surface area contributed by atoms with Crippen LogP contribution in [0.1, 0.15) is 27.7 Å². The fraction of sp³-hybridized carbons (Fsp3) is 0.800. The number of hydrogen-bond donors (Lipinski definition) is 4. The molecule has 0 saturated carbocycles. The van der Waals surface area contributed by atoms with Gasteiger partial charge in [-0.2, -0.15) is 0 Å². The van der Waals surface area contributed by atoms with Crippen LogP contribution in [0.4, 0.5) is 0 Å². The van der Waals surface area contributed by atoms with Crippen molar-refractivity contribution in [1.82, 2.24) is 0 Å². The van der Waals surface area contributed by atoms with Gasteiger partial charge in [-0.3, -0.25) is 9.59 Å². The van der Waals surface area contributed by atoms with E-state index in [1.54, 1.807) is 0 Å². The maximum absolute atomic E-state index is 10.2. The van der Waals surface area contributed by atoms with Gasteiger partial charge in [-0.1, -0.05) is 27.7 Å². The van der Waals surface area contributed by atoms with Crippen molar-refractivity contribution in [2.75, 3.05) is 0 Å². The van der Waals surface area contributed by atoms with E-state index in [2.05, 4.69) is 0 Å². The van der Waals surface area contributed by atoms with Crippen molar-refractivity contribution >= 4 is 11.8 Å². The molecule has 0 heterocycles. The number of hydrogen-bond acceptors (Lipinski definition) is 4. The lowest BCUT2D eigenvalue weighted by Crippen LogP contribution is -2.40. The highest BCUT2D eigenvalue weighted by Crippen LogP contribution is 1.95. The molecule has 0 aliphatic heterocycles. The summed E-state index contributed by atoms with van der Waals surface area (Å²) in [6.07, 6.45) is 0. The van der Waals surface area contributed by atoms with E-state index >= 15 is 0 Å². The molecule has 0 saturated heterocycles. The standard InChI is InChI=1S/2C5H12N2O/c2*1-3(2)4(6)5(7)8/h2*3-4H,6H2,1-2H3,(H2,7,8)/t4-;/m0./s1. The Kier molecular flexibility index (Phi) is 8.70. The average Bonchev–Trinajstić information content (AvgIpc) is 2.15. The summed E-state index contributed by atoms with van der Waals surface area (Å²) < 4.78 is 0. The molecule has 1 unspecified atom stereocenters. The number of carbonyl (C=O) groups excluding carboxylic acids is 2. The highest BCUT2D eigenvalue weighted by molar-refractivity contribution is 5.80. The molecular formula is C10H24N4O2. The zero-order valence-corrected chi connectivity index (χ0v) is 10.4. The number of carbonyl (C=O) groups is 2. The summed E-state index contributed by atoms with van der Waals surface area (Å²) in [5.74, 6) is -0.569. The molecule has 0 rings (SSSR count). The first-order valence-electron chi connectivity index (χ1n) is 5.21. The summed E-state index contributed by atoms with van der Waals surface area (Å²) in [4.78, 5) is 20.5. The molecule has 0 bridgehead atoms. The highest BCUT2D eigenvalue weighted by atomic mass is 16.1. The molecule has 2 amide bonds. The maximum Gasteiger partial charge on any atom is 0.234 e. The molecular weight excluding hydrogens is 208 g/mol. The third-order valence-corrected chi connectivity index (χ3v) is 2.09. The fourth-order valence-corrected chi connectivity index (χ4v) is 0.657. The van der Waals surface area contributed by atoms with Gasteiger partial charge in [0.05, 0.1) is 12.1 Å². The molecule has 0 radical (unpaired) electrons. The lowest BCUT2D eigenvalue weighted by Gasteiger charge is -2.09. The number of amides is 2. The second-order valence-corrected chi connectivity index (χ2v) is 4.34. The van der Waals surface area contributed by atoms with Gasteiger partial charge in [-0.05, 0) is 11.8 Å². The third kappa shape index (κ3) is 8.19. The Morgan fingerprint density at radius 2 is 0.938 bits per heavy atom. The van der Waals surface area contributed by atoms with Gasteiger partial charge in [0, 0.05) is 0 Å². The quantitative estimate of drug-likeness (QED) is 0.489. The van der Waals surface area contributed by atoms with E-state index in [1.807, 2.05) is 27.7 Å². The van der Waals surface area contributed by atoms with Gasteiger partial charge in [0.15, 0.2) is 0 Å². The minimum Gasteiger partial charge on any atom is -0.368 e. The SMILES string of the molecule is CC(C)C(N)C(N)=O.CC(C)[C@H](N)C(N)=O. The molecule has 96 valence electrons. The van der Waals surface area contributed by atoms with Crippen molar-refractivity contribution in [1.29, 1.82) is 0 Å². The predicted octanol–water partition coefficient (Wildman–Crippen LogP) is -1.09. The van der Waals surface area contributed by atoms with Gasteiger partial charge in [0.2, 0.25) is 11.8 Å². The predicted molar refractivity (Wildman–Crippen MR) is 64.0 cm³/mol. The Labute approximate surface area is 96.7 Å². The zero-order valence-electron chi connectivity index (χ0n) is 10.4. The molecule has 0 aromatic carbocycles. The van der Waals surface area contributed by atoms with Crippen LogP contribution in [-0.2, 0) is 9.59 Å². The molecule has 16 heavy (non-hydrogen) atoms. The van der Waals surface area contributed by atoms with Gasteiger partial charge in [0.25, 0.3) is 0 Å². The maximum atomic E-state index is 10.2. The van der Waals surface area contributed by atoms with Crippen LogP contribution < -0.4 is 22.9 Å². The van der Waals surface area contributed by atoms with Gasteiger partial charge in [-0.25, -0.2) is 0 Å². The first-order chi connectivity index (χ1) is 7.11. The van der Waals surface area contributed by atoms with Gasteiger partial charge < -0.3 is 22.9 Å². The summed E-state index contributed by atoms with van der Waals surface area (Å²) >= 11 is 0. The molecule has 0 aliphatic carbocycles. The Morgan fingerprint density at radius 3 is 0.938 bits per heavy atom. The average molecular weight is 232 g/mol. The second-order valence-electron chi connectivity index (χ2n) is 4.34. The van der Waals surface area contributed by atoms with E-state index < -0.39 is 23.9 Å². The van der Waals surface area contributed by atoms with Crippen LogP contribution >= 0.6 is 0 Å². The Morgan fingerprint density at radius 1 is 0.750 bits per heavy atom. The van der Waals surface area contributed by atoms with Crippen LogP contribution in [0.2, 0.25) is 0 Å². The van der Waals surface area contributed by atoms with Crippen molar-refractivity contribution in [2.24, 2.45) is 34.8 Å². The monoisotopic (exact) mass is 232 g/mol.